The normalized spacial score (nSPS) is 11.8. The fourth-order valence-electron chi connectivity index (χ4n) is 2.00. The maximum absolute atomic E-state index is 5.88. The average Bonchev–Trinajstić information content (AvgIpc) is 2.16. The number of benzene rings is 1. The van der Waals surface area contributed by atoms with E-state index in [0.717, 1.165) is 0 Å². The Balaban J connectivity index is 3.09. The van der Waals surface area contributed by atoms with E-state index in [1.54, 1.807) is 0 Å². The first-order valence-electron chi connectivity index (χ1n) is 5.88. The molecule has 0 aliphatic heterocycles. The standard InChI is InChI=1S/C13H22O2Si/c1-6-14-16(5,15-7-2)13-9-11(3)8-12(4)10-13/h8-10H,6-7H2,1-5H3. The summed E-state index contributed by atoms with van der Waals surface area (Å²) in [4.78, 5) is 0. The Bertz CT molecular complexity index is 324. The molecule has 0 amide bonds. The van der Waals surface area contributed by atoms with Crippen LogP contribution in [0.5, 0.6) is 0 Å². The van der Waals surface area contributed by atoms with Crippen LogP contribution in [0, 0.1) is 13.8 Å². The largest absolute Gasteiger partial charge is 0.391 e. The van der Waals surface area contributed by atoms with Crippen LogP contribution in [0.25, 0.3) is 0 Å². The molecule has 0 bridgehead atoms. The Morgan fingerprint density at radius 3 is 1.75 bits per heavy atom. The van der Waals surface area contributed by atoms with Crippen molar-refractivity contribution in [3.63, 3.8) is 0 Å². The lowest BCUT2D eigenvalue weighted by molar-refractivity contribution is 0.202. The summed E-state index contributed by atoms with van der Waals surface area (Å²) >= 11 is 0. The minimum atomic E-state index is -2.19. The zero-order valence-corrected chi connectivity index (χ0v) is 12.0. The summed E-state index contributed by atoms with van der Waals surface area (Å²) in [6, 6.07) is 6.55. The van der Waals surface area contributed by atoms with Gasteiger partial charge in [-0.15, -0.1) is 0 Å². The Morgan fingerprint density at radius 2 is 1.38 bits per heavy atom. The molecule has 1 aromatic carbocycles. The van der Waals surface area contributed by atoms with Gasteiger partial charge in [0, 0.05) is 13.2 Å². The molecule has 0 aromatic heterocycles. The summed E-state index contributed by atoms with van der Waals surface area (Å²) in [5.74, 6) is 0. The highest BCUT2D eigenvalue weighted by Crippen LogP contribution is 2.11. The molecule has 0 radical (unpaired) electrons. The van der Waals surface area contributed by atoms with Gasteiger partial charge in [-0.1, -0.05) is 29.3 Å². The fraction of sp³-hybridized carbons (Fsp3) is 0.538. The van der Waals surface area contributed by atoms with Gasteiger partial charge in [0.2, 0.25) is 0 Å². The minimum absolute atomic E-state index is 0.704. The van der Waals surface area contributed by atoms with Gasteiger partial charge in [0.15, 0.2) is 0 Å². The molecule has 3 heteroatoms. The SMILES string of the molecule is CCO[Si](C)(OCC)c1cc(C)cc(C)c1. The number of hydrogen-bond acceptors (Lipinski definition) is 2. The van der Waals surface area contributed by atoms with Gasteiger partial charge < -0.3 is 8.85 Å². The lowest BCUT2D eigenvalue weighted by atomic mass is 10.2. The van der Waals surface area contributed by atoms with Crippen molar-refractivity contribution >= 4 is 13.7 Å². The summed E-state index contributed by atoms with van der Waals surface area (Å²) in [7, 11) is -2.19. The van der Waals surface area contributed by atoms with E-state index in [0.29, 0.717) is 13.2 Å². The maximum atomic E-state index is 5.88. The molecule has 2 nitrogen and oxygen atoms in total. The smallest absolute Gasteiger partial charge is 0.369 e. The molecule has 0 N–H and O–H groups in total. The van der Waals surface area contributed by atoms with E-state index < -0.39 is 8.56 Å². The predicted octanol–water partition coefficient (Wildman–Crippen LogP) is 2.66. The van der Waals surface area contributed by atoms with Gasteiger partial charge in [-0.2, -0.15) is 0 Å². The molecule has 0 aliphatic rings. The zero-order valence-electron chi connectivity index (χ0n) is 11.0. The quantitative estimate of drug-likeness (QED) is 0.734. The molecule has 0 saturated carbocycles. The summed E-state index contributed by atoms with van der Waals surface area (Å²) in [6.07, 6.45) is 0. The van der Waals surface area contributed by atoms with Crippen molar-refractivity contribution < 1.29 is 8.85 Å². The highest BCUT2D eigenvalue weighted by Gasteiger charge is 2.33. The summed E-state index contributed by atoms with van der Waals surface area (Å²) in [5, 5.41) is 1.23. The number of rotatable bonds is 5. The van der Waals surface area contributed by atoms with Crippen LogP contribution < -0.4 is 5.19 Å². The van der Waals surface area contributed by atoms with Crippen LogP contribution in [0.15, 0.2) is 18.2 Å². The fourth-order valence-corrected chi connectivity index (χ4v) is 4.49. The topological polar surface area (TPSA) is 18.5 Å². The molecule has 1 rings (SSSR count). The lowest BCUT2D eigenvalue weighted by Crippen LogP contribution is -2.51. The average molecular weight is 238 g/mol. The highest BCUT2D eigenvalue weighted by molar-refractivity contribution is 6.80. The molecule has 1 aromatic rings. The molecule has 0 spiro atoms. The van der Waals surface area contributed by atoms with Crippen LogP contribution >= 0.6 is 0 Å². The summed E-state index contributed by atoms with van der Waals surface area (Å²) in [5.41, 5.74) is 2.54. The van der Waals surface area contributed by atoms with Crippen molar-refractivity contribution in [2.24, 2.45) is 0 Å². The van der Waals surface area contributed by atoms with E-state index in [4.69, 9.17) is 8.85 Å². The van der Waals surface area contributed by atoms with Crippen molar-refractivity contribution in [1.29, 1.82) is 0 Å². The Kier molecular flexibility index (Phi) is 4.71. The van der Waals surface area contributed by atoms with Gasteiger partial charge in [-0.05, 0) is 39.4 Å². The molecule has 0 heterocycles. The van der Waals surface area contributed by atoms with Crippen molar-refractivity contribution in [1.82, 2.24) is 0 Å². The minimum Gasteiger partial charge on any atom is -0.391 e. The molecule has 0 atom stereocenters. The first kappa shape index (κ1) is 13.4. The third kappa shape index (κ3) is 3.17. The first-order valence-corrected chi connectivity index (χ1v) is 8.20. The van der Waals surface area contributed by atoms with E-state index in [1.807, 2.05) is 13.8 Å². The molecule has 16 heavy (non-hydrogen) atoms. The van der Waals surface area contributed by atoms with E-state index in [9.17, 15) is 0 Å². The van der Waals surface area contributed by atoms with Gasteiger partial charge in [-0.3, -0.25) is 0 Å². The van der Waals surface area contributed by atoms with E-state index >= 15 is 0 Å². The first-order chi connectivity index (χ1) is 7.51. The van der Waals surface area contributed by atoms with Crippen LogP contribution in [0.4, 0.5) is 0 Å². The van der Waals surface area contributed by atoms with Gasteiger partial charge in [0.25, 0.3) is 0 Å². The maximum Gasteiger partial charge on any atom is 0.369 e. The van der Waals surface area contributed by atoms with Crippen LogP contribution in [-0.4, -0.2) is 21.8 Å². The Hall–Kier alpha value is -0.643. The van der Waals surface area contributed by atoms with E-state index in [1.165, 1.54) is 16.3 Å². The second-order valence-electron chi connectivity index (χ2n) is 4.19. The van der Waals surface area contributed by atoms with Crippen molar-refractivity contribution in [3.8, 4) is 0 Å². The van der Waals surface area contributed by atoms with Crippen LogP contribution in [0.2, 0.25) is 6.55 Å². The second-order valence-corrected chi connectivity index (χ2v) is 7.23. The predicted molar refractivity (Wildman–Crippen MR) is 70.4 cm³/mol. The van der Waals surface area contributed by atoms with Gasteiger partial charge in [-0.25, -0.2) is 0 Å². The number of hydrogen-bond donors (Lipinski definition) is 0. The lowest BCUT2D eigenvalue weighted by Gasteiger charge is -2.26. The van der Waals surface area contributed by atoms with Crippen molar-refractivity contribution in [3.05, 3.63) is 29.3 Å². The second kappa shape index (κ2) is 5.62. The van der Waals surface area contributed by atoms with Crippen molar-refractivity contribution in [2.45, 2.75) is 34.2 Å². The van der Waals surface area contributed by atoms with Crippen LogP contribution in [0.3, 0.4) is 0 Å². The third-order valence-electron chi connectivity index (χ3n) is 2.59. The van der Waals surface area contributed by atoms with E-state index in [-0.39, 0.29) is 0 Å². The Morgan fingerprint density at radius 1 is 0.938 bits per heavy atom. The van der Waals surface area contributed by atoms with Crippen LogP contribution in [-0.2, 0) is 8.85 Å². The monoisotopic (exact) mass is 238 g/mol. The zero-order chi connectivity index (χ0) is 12.2. The highest BCUT2D eigenvalue weighted by atomic mass is 28.4. The summed E-state index contributed by atoms with van der Waals surface area (Å²) < 4.78 is 11.8. The molecule has 0 aliphatic carbocycles. The van der Waals surface area contributed by atoms with Gasteiger partial charge in [0.1, 0.15) is 0 Å². The van der Waals surface area contributed by atoms with E-state index in [2.05, 4.69) is 38.6 Å². The molecule has 0 unspecified atom stereocenters. The van der Waals surface area contributed by atoms with Gasteiger partial charge >= 0.3 is 8.56 Å². The van der Waals surface area contributed by atoms with Crippen LogP contribution in [0.1, 0.15) is 25.0 Å². The molecular weight excluding hydrogens is 216 g/mol. The molecule has 0 fully saturated rings. The summed E-state index contributed by atoms with van der Waals surface area (Å²) in [6.45, 7) is 11.8. The van der Waals surface area contributed by atoms with Gasteiger partial charge in [0.05, 0.1) is 0 Å². The number of aryl methyl sites for hydroxylation is 2. The van der Waals surface area contributed by atoms with Crippen molar-refractivity contribution in [2.75, 3.05) is 13.2 Å². The molecule has 0 saturated heterocycles. The molecule has 90 valence electrons. The molecular formula is C13H22O2Si. The third-order valence-corrected chi connectivity index (χ3v) is 5.60. The Labute approximate surface area is 99.8 Å².